The number of carbonyl (C=O) groups excluding carboxylic acids is 2. The lowest BCUT2D eigenvalue weighted by Crippen LogP contribution is -2.45. The highest BCUT2D eigenvalue weighted by Crippen LogP contribution is 2.29. The van der Waals surface area contributed by atoms with Gasteiger partial charge in [-0.25, -0.2) is 0 Å². The van der Waals surface area contributed by atoms with Gasteiger partial charge in [0, 0.05) is 36.9 Å². The number of alkyl halides is 3. The van der Waals surface area contributed by atoms with Gasteiger partial charge in [-0.05, 0) is 61.7 Å². The highest BCUT2D eigenvalue weighted by molar-refractivity contribution is 5.99. The molecule has 1 aliphatic heterocycles. The van der Waals surface area contributed by atoms with Crippen LogP contribution < -0.4 is 15.5 Å². The third-order valence-corrected chi connectivity index (χ3v) is 6.31. The predicted octanol–water partition coefficient (Wildman–Crippen LogP) is 5.34. The van der Waals surface area contributed by atoms with Crippen LogP contribution in [-0.4, -0.2) is 30.9 Å². The fourth-order valence-corrected chi connectivity index (χ4v) is 4.40. The van der Waals surface area contributed by atoms with Crippen molar-refractivity contribution in [3.05, 3.63) is 101 Å². The predicted molar refractivity (Wildman–Crippen MR) is 133 cm³/mol. The molecular weight excluding hydrogens is 467 g/mol. The van der Waals surface area contributed by atoms with E-state index in [1.807, 2.05) is 37.3 Å². The van der Waals surface area contributed by atoms with Gasteiger partial charge in [0.05, 0.1) is 11.1 Å². The number of nitrogens with zero attached hydrogens (tertiary/aromatic N) is 1. The zero-order chi connectivity index (χ0) is 25.7. The smallest absolute Gasteiger partial charge is 0.371 e. The van der Waals surface area contributed by atoms with E-state index in [-0.39, 0.29) is 24.4 Å². The molecule has 1 aliphatic rings. The number of hydrogen-bond donors (Lipinski definition) is 2. The van der Waals surface area contributed by atoms with Gasteiger partial charge in [-0.1, -0.05) is 42.0 Å². The molecule has 1 fully saturated rings. The first-order valence-electron chi connectivity index (χ1n) is 11.9. The molecule has 0 bridgehead atoms. The maximum absolute atomic E-state index is 13.0. The molecule has 1 saturated heterocycles. The van der Waals surface area contributed by atoms with Crippen LogP contribution >= 0.6 is 0 Å². The van der Waals surface area contributed by atoms with E-state index in [9.17, 15) is 22.8 Å². The van der Waals surface area contributed by atoms with Crippen LogP contribution in [0.5, 0.6) is 0 Å². The topological polar surface area (TPSA) is 61.4 Å². The van der Waals surface area contributed by atoms with Gasteiger partial charge in [-0.15, -0.1) is 0 Å². The number of benzene rings is 3. The minimum atomic E-state index is -4.43. The summed E-state index contributed by atoms with van der Waals surface area (Å²) < 4.78 is 38.9. The fourth-order valence-electron chi connectivity index (χ4n) is 4.40. The number of anilines is 1. The molecule has 0 unspecified atom stereocenters. The van der Waals surface area contributed by atoms with E-state index in [0.29, 0.717) is 29.8 Å². The van der Waals surface area contributed by atoms with E-state index >= 15 is 0 Å². The summed E-state index contributed by atoms with van der Waals surface area (Å²) in [6, 6.07) is 19.6. The van der Waals surface area contributed by atoms with Crippen LogP contribution in [0.3, 0.4) is 0 Å². The van der Waals surface area contributed by atoms with Crippen LogP contribution in [0.25, 0.3) is 0 Å². The lowest BCUT2D eigenvalue weighted by Gasteiger charge is -2.35. The monoisotopic (exact) mass is 495 g/mol. The summed E-state index contributed by atoms with van der Waals surface area (Å²) in [5.74, 6) is -0.440. The van der Waals surface area contributed by atoms with E-state index in [0.717, 1.165) is 36.2 Å². The lowest BCUT2D eigenvalue weighted by atomic mass is 10.0. The van der Waals surface area contributed by atoms with Gasteiger partial charge in [0.25, 0.3) is 11.8 Å². The van der Waals surface area contributed by atoms with Crippen molar-refractivity contribution in [2.45, 2.75) is 38.5 Å². The number of carbonyl (C=O) groups is 2. The third-order valence-electron chi connectivity index (χ3n) is 6.31. The minimum absolute atomic E-state index is 0.00977. The van der Waals surface area contributed by atoms with E-state index in [1.54, 1.807) is 24.3 Å². The summed E-state index contributed by atoms with van der Waals surface area (Å²) in [5.41, 5.74) is 2.53. The second-order valence-electron chi connectivity index (χ2n) is 9.00. The van der Waals surface area contributed by atoms with Crippen LogP contribution in [0.2, 0.25) is 0 Å². The fraction of sp³-hybridized carbons (Fsp3) is 0.286. The number of piperidine rings is 1. The van der Waals surface area contributed by atoms with Crippen molar-refractivity contribution < 1.29 is 22.8 Å². The Morgan fingerprint density at radius 3 is 2.36 bits per heavy atom. The summed E-state index contributed by atoms with van der Waals surface area (Å²) in [7, 11) is 0. The van der Waals surface area contributed by atoms with Gasteiger partial charge in [-0.2, -0.15) is 13.2 Å². The number of nitrogens with one attached hydrogen (secondary N) is 2. The molecule has 0 aliphatic carbocycles. The van der Waals surface area contributed by atoms with Crippen molar-refractivity contribution in [1.29, 1.82) is 0 Å². The molecule has 36 heavy (non-hydrogen) atoms. The quantitative estimate of drug-likeness (QED) is 0.485. The van der Waals surface area contributed by atoms with Gasteiger partial charge < -0.3 is 15.5 Å². The number of aryl methyl sites for hydroxylation is 1. The molecule has 3 aromatic carbocycles. The van der Waals surface area contributed by atoms with Crippen molar-refractivity contribution in [3.8, 4) is 0 Å². The lowest BCUT2D eigenvalue weighted by molar-refractivity contribution is -0.137. The van der Waals surface area contributed by atoms with Crippen LogP contribution in [0.4, 0.5) is 18.9 Å². The highest BCUT2D eigenvalue weighted by atomic mass is 19.4. The Bertz CT molecular complexity index is 1230. The van der Waals surface area contributed by atoms with Crippen molar-refractivity contribution in [3.63, 3.8) is 0 Å². The van der Waals surface area contributed by atoms with Gasteiger partial charge in [-0.3, -0.25) is 9.59 Å². The molecule has 0 spiro atoms. The molecule has 8 heteroatoms. The van der Waals surface area contributed by atoms with Crippen LogP contribution in [0.15, 0.2) is 72.8 Å². The van der Waals surface area contributed by atoms with E-state index < -0.39 is 11.7 Å². The normalized spacial score (nSPS) is 14.4. The minimum Gasteiger partial charge on any atom is -0.371 e. The van der Waals surface area contributed by atoms with Crippen LogP contribution in [0.1, 0.15) is 50.2 Å². The number of hydrogen-bond acceptors (Lipinski definition) is 3. The second kappa shape index (κ2) is 10.8. The SMILES string of the molecule is Cc1cccc(C(=O)NC2CCN(c3ccccc3C(=O)NCc3cccc(C(F)(F)F)c3)CC2)c1. The second-order valence-corrected chi connectivity index (χ2v) is 9.00. The molecule has 0 radical (unpaired) electrons. The van der Waals surface area contributed by atoms with E-state index in [2.05, 4.69) is 15.5 Å². The standard InChI is InChI=1S/C28H28F3N3O2/c1-19-6-4-8-21(16-19)26(35)33-23-12-14-34(15-13-23)25-11-3-2-10-24(25)27(36)32-18-20-7-5-9-22(17-20)28(29,30)31/h2-11,16-17,23H,12-15,18H2,1H3,(H,32,36)(H,33,35). The highest BCUT2D eigenvalue weighted by Gasteiger charge is 2.30. The first kappa shape index (κ1) is 25.3. The van der Waals surface area contributed by atoms with Crippen molar-refractivity contribution >= 4 is 17.5 Å². The Morgan fingerprint density at radius 1 is 0.917 bits per heavy atom. The number of para-hydroxylation sites is 1. The van der Waals surface area contributed by atoms with E-state index in [4.69, 9.17) is 0 Å². The molecular formula is C28H28F3N3O2. The Labute approximate surface area is 208 Å². The number of halogens is 3. The van der Waals surface area contributed by atoms with Gasteiger partial charge in [0.2, 0.25) is 0 Å². The Hall–Kier alpha value is -3.81. The molecule has 4 rings (SSSR count). The Balaban J connectivity index is 1.36. The average molecular weight is 496 g/mol. The summed E-state index contributed by atoms with van der Waals surface area (Å²) in [4.78, 5) is 27.6. The summed E-state index contributed by atoms with van der Waals surface area (Å²) in [5, 5.41) is 5.84. The molecule has 0 aromatic heterocycles. The van der Waals surface area contributed by atoms with Gasteiger partial charge >= 0.3 is 6.18 Å². The molecule has 5 nitrogen and oxygen atoms in total. The zero-order valence-corrected chi connectivity index (χ0v) is 19.9. The van der Waals surface area contributed by atoms with Crippen molar-refractivity contribution in [2.24, 2.45) is 0 Å². The summed E-state index contributed by atoms with van der Waals surface area (Å²) >= 11 is 0. The largest absolute Gasteiger partial charge is 0.416 e. The number of amides is 2. The van der Waals surface area contributed by atoms with Gasteiger partial charge in [0.15, 0.2) is 0 Å². The maximum Gasteiger partial charge on any atom is 0.416 e. The van der Waals surface area contributed by atoms with Gasteiger partial charge in [0.1, 0.15) is 0 Å². The molecule has 0 atom stereocenters. The molecule has 2 amide bonds. The third kappa shape index (κ3) is 6.24. The number of rotatable bonds is 6. The van der Waals surface area contributed by atoms with Crippen molar-refractivity contribution in [2.75, 3.05) is 18.0 Å². The maximum atomic E-state index is 13.0. The van der Waals surface area contributed by atoms with Crippen molar-refractivity contribution in [1.82, 2.24) is 10.6 Å². The molecule has 3 aromatic rings. The first-order valence-corrected chi connectivity index (χ1v) is 11.9. The molecule has 0 saturated carbocycles. The Morgan fingerprint density at radius 2 is 1.64 bits per heavy atom. The molecule has 1 heterocycles. The zero-order valence-electron chi connectivity index (χ0n) is 19.9. The summed E-state index contributed by atoms with van der Waals surface area (Å²) in [6.45, 7) is 3.26. The van der Waals surface area contributed by atoms with Crippen LogP contribution in [-0.2, 0) is 12.7 Å². The van der Waals surface area contributed by atoms with Crippen LogP contribution in [0, 0.1) is 6.92 Å². The Kier molecular flexibility index (Phi) is 7.62. The molecule has 188 valence electrons. The van der Waals surface area contributed by atoms with E-state index in [1.165, 1.54) is 6.07 Å². The summed E-state index contributed by atoms with van der Waals surface area (Å²) in [6.07, 6.45) is -2.96. The molecule has 2 N–H and O–H groups in total. The first-order chi connectivity index (χ1) is 17.2. The average Bonchev–Trinajstić information content (AvgIpc) is 2.87.